The molecule has 1 aromatic heterocycles. The normalized spacial score (nSPS) is 17.0. The van der Waals surface area contributed by atoms with E-state index in [9.17, 15) is 4.79 Å². The van der Waals surface area contributed by atoms with Crippen molar-refractivity contribution in [2.45, 2.75) is 6.54 Å². The van der Waals surface area contributed by atoms with E-state index >= 15 is 0 Å². The maximum Gasteiger partial charge on any atom is 0.250 e. The fourth-order valence-electron chi connectivity index (χ4n) is 1.40. The Labute approximate surface area is 84.9 Å². The molecule has 0 amide bonds. The molecule has 0 aromatic carbocycles. The SMILES string of the molecule is O=c1ccc(Br)cn1CC1CNC1. The number of hydrogen-bond donors (Lipinski definition) is 1. The maximum atomic E-state index is 11.4. The Kier molecular flexibility index (Phi) is 2.51. The highest BCUT2D eigenvalue weighted by Crippen LogP contribution is 2.09. The molecule has 1 N–H and O–H groups in total. The minimum absolute atomic E-state index is 0.0788. The Hall–Kier alpha value is -0.610. The van der Waals surface area contributed by atoms with Gasteiger partial charge in [-0.1, -0.05) is 0 Å². The fraction of sp³-hybridized carbons (Fsp3) is 0.444. The van der Waals surface area contributed by atoms with Crippen LogP contribution in [-0.2, 0) is 6.54 Å². The molecule has 1 saturated heterocycles. The Morgan fingerprint density at radius 1 is 1.54 bits per heavy atom. The highest BCUT2D eigenvalue weighted by Gasteiger charge is 2.17. The van der Waals surface area contributed by atoms with Crippen molar-refractivity contribution in [2.75, 3.05) is 13.1 Å². The molecule has 0 aliphatic carbocycles. The predicted octanol–water partition coefficient (Wildman–Crippen LogP) is 0.830. The lowest BCUT2D eigenvalue weighted by Crippen LogP contribution is -2.45. The molecule has 1 fully saturated rings. The number of rotatable bonds is 2. The van der Waals surface area contributed by atoms with E-state index < -0.39 is 0 Å². The van der Waals surface area contributed by atoms with Crippen molar-refractivity contribution in [3.8, 4) is 0 Å². The van der Waals surface area contributed by atoms with Crippen molar-refractivity contribution in [2.24, 2.45) is 5.92 Å². The van der Waals surface area contributed by atoms with E-state index in [1.807, 2.05) is 6.20 Å². The molecule has 3 nitrogen and oxygen atoms in total. The van der Waals surface area contributed by atoms with Crippen molar-refractivity contribution in [3.05, 3.63) is 33.2 Å². The first-order valence-corrected chi connectivity index (χ1v) is 5.12. The van der Waals surface area contributed by atoms with E-state index in [4.69, 9.17) is 0 Å². The summed E-state index contributed by atoms with van der Waals surface area (Å²) < 4.78 is 2.72. The molecule has 0 radical (unpaired) electrons. The molecule has 0 saturated carbocycles. The number of halogens is 1. The second kappa shape index (κ2) is 3.64. The van der Waals surface area contributed by atoms with Gasteiger partial charge in [0.25, 0.3) is 5.56 Å². The first-order chi connectivity index (χ1) is 6.25. The lowest BCUT2D eigenvalue weighted by atomic mass is 10.0. The first-order valence-electron chi connectivity index (χ1n) is 4.32. The number of nitrogens with one attached hydrogen (secondary N) is 1. The van der Waals surface area contributed by atoms with Crippen molar-refractivity contribution < 1.29 is 0 Å². The lowest BCUT2D eigenvalue weighted by Gasteiger charge is -2.27. The zero-order valence-electron chi connectivity index (χ0n) is 7.16. The average Bonchev–Trinajstić information content (AvgIpc) is 2.03. The summed E-state index contributed by atoms with van der Waals surface area (Å²) in [4.78, 5) is 11.4. The summed E-state index contributed by atoms with van der Waals surface area (Å²) in [6.07, 6.45) is 1.85. The Bertz CT molecular complexity index is 357. The van der Waals surface area contributed by atoms with Gasteiger partial charge in [-0.15, -0.1) is 0 Å². The van der Waals surface area contributed by atoms with Crippen LogP contribution < -0.4 is 10.9 Å². The van der Waals surface area contributed by atoms with Crippen LogP contribution in [0.4, 0.5) is 0 Å². The van der Waals surface area contributed by atoms with Crippen LogP contribution in [0.1, 0.15) is 0 Å². The summed E-state index contributed by atoms with van der Waals surface area (Å²) in [5, 5.41) is 3.19. The smallest absolute Gasteiger partial charge is 0.250 e. The molecule has 1 aromatic rings. The van der Waals surface area contributed by atoms with E-state index in [2.05, 4.69) is 21.2 Å². The predicted molar refractivity (Wildman–Crippen MR) is 54.8 cm³/mol. The lowest BCUT2D eigenvalue weighted by molar-refractivity contribution is 0.303. The van der Waals surface area contributed by atoms with E-state index in [0.717, 1.165) is 24.1 Å². The summed E-state index contributed by atoms with van der Waals surface area (Å²) in [5.41, 5.74) is 0.0788. The monoisotopic (exact) mass is 242 g/mol. The van der Waals surface area contributed by atoms with Crippen LogP contribution in [-0.4, -0.2) is 17.7 Å². The molecule has 2 heterocycles. The van der Waals surface area contributed by atoms with E-state index in [0.29, 0.717) is 5.92 Å². The van der Waals surface area contributed by atoms with Crippen LogP contribution in [0.25, 0.3) is 0 Å². The zero-order valence-corrected chi connectivity index (χ0v) is 8.75. The van der Waals surface area contributed by atoms with Gasteiger partial charge in [0.2, 0.25) is 0 Å². The van der Waals surface area contributed by atoms with Crippen molar-refractivity contribution in [1.29, 1.82) is 0 Å². The summed E-state index contributed by atoms with van der Waals surface area (Å²) in [6.45, 7) is 2.88. The number of hydrogen-bond acceptors (Lipinski definition) is 2. The third kappa shape index (κ3) is 2.00. The Morgan fingerprint density at radius 3 is 2.92 bits per heavy atom. The van der Waals surface area contributed by atoms with Crippen molar-refractivity contribution >= 4 is 15.9 Å². The first kappa shape index (κ1) is 8.97. The van der Waals surface area contributed by atoms with Gasteiger partial charge >= 0.3 is 0 Å². The molecule has 70 valence electrons. The summed E-state index contributed by atoms with van der Waals surface area (Å²) in [6, 6.07) is 3.37. The quantitative estimate of drug-likeness (QED) is 0.834. The van der Waals surface area contributed by atoms with Crippen LogP contribution in [0.3, 0.4) is 0 Å². The highest BCUT2D eigenvalue weighted by molar-refractivity contribution is 9.10. The molecule has 1 aliphatic heterocycles. The summed E-state index contributed by atoms with van der Waals surface area (Å²) >= 11 is 3.35. The Balaban J connectivity index is 2.17. The molecule has 4 heteroatoms. The summed E-state index contributed by atoms with van der Waals surface area (Å²) in [5.74, 6) is 0.618. The van der Waals surface area contributed by atoms with E-state index in [1.54, 1.807) is 16.7 Å². The van der Waals surface area contributed by atoms with Gasteiger partial charge in [-0.25, -0.2) is 0 Å². The largest absolute Gasteiger partial charge is 0.316 e. The second-order valence-electron chi connectivity index (χ2n) is 3.36. The van der Waals surface area contributed by atoms with Gasteiger partial charge in [0.05, 0.1) is 0 Å². The minimum atomic E-state index is 0.0788. The third-order valence-electron chi connectivity index (χ3n) is 2.27. The van der Waals surface area contributed by atoms with Crippen LogP contribution in [0.5, 0.6) is 0 Å². The molecule has 1 aliphatic rings. The molecular weight excluding hydrogens is 232 g/mol. The van der Waals surface area contributed by atoms with Gasteiger partial charge in [0.1, 0.15) is 0 Å². The molecule has 0 bridgehead atoms. The van der Waals surface area contributed by atoms with Gasteiger partial charge in [-0.05, 0) is 22.0 Å². The third-order valence-corrected chi connectivity index (χ3v) is 2.74. The molecule has 2 rings (SSSR count). The molecule has 0 spiro atoms. The van der Waals surface area contributed by atoms with E-state index in [1.165, 1.54) is 0 Å². The van der Waals surface area contributed by atoms with E-state index in [-0.39, 0.29) is 5.56 Å². The zero-order chi connectivity index (χ0) is 9.26. The van der Waals surface area contributed by atoms with Crippen molar-refractivity contribution in [1.82, 2.24) is 9.88 Å². The van der Waals surface area contributed by atoms with Crippen molar-refractivity contribution in [3.63, 3.8) is 0 Å². The standard InChI is InChI=1S/C9H11BrN2O/c10-8-1-2-9(13)12(6-8)5-7-3-11-4-7/h1-2,6-7,11H,3-5H2. The maximum absolute atomic E-state index is 11.4. The van der Waals surface area contributed by atoms with Gasteiger partial charge < -0.3 is 9.88 Å². The van der Waals surface area contributed by atoms with Gasteiger partial charge in [-0.3, -0.25) is 4.79 Å². The van der Waals surface area contributed by atoms with Gasteiger partial charge in [0, 0.05) is 42.3 Å². The molecule has 0 unspecified atom stereocenters. The molecule has 0 atom stereocenters. The van der Waals surface area contributed by atoms with Crippen LogP contribution >= 0.6 is 15.9 Å². The van der Waals surface area contributed by atoms with Crippen LogP contribution in [0.2, 0.25) is 0 Å². The minimum Gasteiger partial charge on any atom is -0.316 e. The Morgan fingerprint density at radius 2 is 2.31 bits per heavy atom. The summed E-state index contributed by atoms with van der Waals surface area (Å²) in [7, 11) is 0. The van der Waals surface area contributed by atoms with Crippen LogP contribution in [0, 0.1) is 5.92 Å². The fourth-order valence-corrected chi connectivity index (χ4v) is 1.78. The second-order valence-corrected chi connectivity index (χ2v) is 4.28. The van der Waals surface area contributed by atoms with Gasteiger partial charge in [-0.2, -0.15) is 0 Å². The molecular formula is C9H11BrN2O. The average molecular weight is 243 g/mol. The van der Waals surface area contributed by atoms with Crippen LogP contribution in [0.15, 0.2) is 27.6 Å². The van der Waals surface area contributed by atoms with Gasteiger partial charge in [0.15, 0.2) is 0 Å². The number of aromatic nitrogens is 1. The molecule has 13 heavy (non-hydrogen) atoms. The number of nitrogens with zero attached hydrogens (tertiary/aromatic N) is 1. The highest BCUT2D eigenvalue weighted by atomic mass is 79.9. The topological polar surface area (TPSA) is 34.0 Å². The number of pyridine rings is 1.